The molecule has 0 bridgehead atoms. The van der Waals surface area contributed by atoms with Crippen LogP contribution < -0.4 is 15.2 Å². The Morgan fingerprint density at radius 2 is 2.08 bits per heavy atom. The first-order valence-electron chi connectivity index (χ1n) is 3.63. The largest absolute Gasteiger partial charge is 0.448 e. The van der Waals surface area contributed by atoms with Gasteiger partial charge in [0.2, 0.25) is 0 Å². The third-order valence-electron chi connectivity index (χ3n) is 1.63. The molecule has 1 aromatic rings. The molecule has 2 rings (SSSR count). The number of anilines is 1. The van der Waals surface area contributed by atoms with Crippen molar-refractivity contribution in [3.63, 3.8) is 0 Å². The molecule has 64 valence electrons. The standard InChI is InChI=1S/C8H9NO3/c9-5-1-2-6-7(3-5)12-8(4-10)11-6/h1-3,8,10H,4,9H2. The van der Waals surface area contributed by atoms with Gasteiger partial charge in [-0.2, -0.15) is 0 Å². The van der Waals surface area contributed by atoms with Crippen molar-refractivity contribution in [2.75, 3.05) is 12.3 Å². The second-order valence-corrected chi connectivity index (χ2v) is 2.55. The van der Waals surface area contributed by atoms with E-state index in [2.05, 4.69) is 0 Å². The smallest absolute Gasteiger partial charge is 0.264 e. The molecule has 0 aromatic heterocycles. The normalized spacial score (nSPS) is 19.6. The van der Waals surface area contributed by atoms with Crippen molar-refractivity contribution >= 4 is 5.69 Å². The van der Waals surface area contributed by atoms with E-state index in [0.717, 1.165) is 0 Å². The molecule has 0 spiro atoms. The molecule has 1 heterocycles. The molecule has 0 amide bonds. The maximum Gasteiger partial charge on any atom is 0.264 e. The van der Waals surface area contributed by atoms with Crippen LogP contribution in [0, 0.1) is 0 Å². The predicted octanol–water partition coefficient (Wildman–Crippen LogP) is 0.358. The molecule has 1 aliphatic heterocycles. The molecule has 0 aliphatic carbocycles. The number of rotatable bonds is 1. The van der Waals surface area contributed by atoms with Crippen LogP contribution in [0.4, 0.5) is 5.69 Å². The summed E-state index contributed by atoms with van der Waals surface area (Å²) in [5, 5.41) is 8.73. The van der Waals surface area contributed by atoms with E-state index in [9.17, 15) is 0 Å². The van der Waals surface area contributed by atoms with Gasteiger partial charge in [0, 0.05) is 11.8 Å². The Labute approximate surface area is 69.5 Å². The minimum Gasteiger partial charge on any atom is -0.448 e. The number of aliphatic hydroxyl groups excluding tert-OH is 1. The highest BCUT2D eigenvalue weighted by atomic mass is 16.7. The lowest BCUT2D eigenvalue weighted by Gasteiger charge is -2.04. The average Bonchev–Trinajstić information content (AvgIpc) is 2.46. The van der Waals surface area contributed by atoms with Crippen molar-refractivity contribution in [1.29, 1.82) is 0 Å². The Kier molecular flexibility index (Phi) is 1.55. The van der Waals surface area contributed by atoms with E-state index >= 15 is 0 Å². The minimum absolute atomic E-state index is 0.158. The van der Waals surface area contributed by atoms with Gasteiger partial charge in [-0.15, -0.1) is 0 Å². The van der Waals surface area contributed by atoms with Crippen molar-refractivity contribution in [1.82, 2.24) is 0 Å². The first-order chi connectivity index (χ1) is 5.79. The molecule has 1 aliphatic rings. The van der Waals surface area contributed by atoms with Crippen LogP contribution in [0.3, 0.4) is 0 Å². The van der Waals surface area contributed by atoms with Crippen LogP contribution in [0.1, 0.15) is 0 Å². The van der Waals surface area contributed by atoms with Crippen molar-refractivity contribution in [2.45, 2.75) is 6.29 Å². The summed E-state index contributed by atoms with van der Waals surface area (Å²) in [6.07, 6.45) is -0.582. The fraction of sp³-hybridized carbons (Fsp3) is 0.250. The fourth-order valence-electron chi connectivity index (χ4n) is 1.10. The van der Waals surface area contributed by atoms with Gasteiger partial charge in [0.25, 0.3) is 6.29 Å². The van der Waals surface area contributed by atoms with E-state index < -0.39 is 6.29 Å². The van der Waals surface area contributed by atoms with Crippen LogP contribution in [0.2, 0.25) is 0 Å². The predicted molar refractivity (Wildman–Crippen MR) is 43.0 cm³/mol. The van der Waals surface area contributed by atoms with Gasteiger partial charge in [-0.3, -0.25) is 0 Å². The lowest BCUT2D eigenvalue weighted by Crippen LogP contribution is -2.22. The molecular formula is C8H9NO3. The number of ether oxygens (including phenoxy) is 2. The summed E-state index contributed by atoms with van der Waals surface area (Å²) in [5.74, 6) is 1.22. The third-order valence-corrected chi connectivity index (χ3v) is 1.63. The first-order valence-corrected chi connectivity index (χ1v) is 3.63. The summed E-state index contributed by atoms with van der Waals surface area (Å²) >= 11 is 0. The highest BCUT2D eigenvalue weighted by Crippen LogP contribution is 2.35. The van der Waals surface area contributed by atoms with Gasteiger partial charge in [-0.25, -0.2) is 0 Å². The Morgan fingerprint density at radius 3 is 2.83 bits per heavy atom. The average molecular weight is 167 g/mol. The van der Waals surface area contributed by atoms with Gasteiger partial charge >= 0.3 is 0 Å². The zero-order valence-corrected chi connectivity index (χ0v) is 6.36. The summed E-state index contributed by atoms with van der Waals surface area (Å²) < 4.78 is 10.4. The van der Waals surface area contributed by atoms with Crippen molar-refractivity contribution in [3.05, 3.63) is 18.2 Å². The van der Waals surface area contributed by atoms with Gasteiger partial charge in [0.1, 0.15) is 6.61 Å². The maximum atomic E-state index is 8.73. The third kappa shape index (κ3) is 1.06. The Bertz CT molecular complexity index is 300. The summed E-state index contributed by atoms with van der Waals surface area (Å²) in [6, 6.07) is 5.12. The highest BCUT2D eigenvalue weighted by Gasteiger charge is 2.22. The maximum absolute atomic E-state index is 8.73. The molecule has 0 saturated carbocycles. The zero-order chi connectivity index (χ0) is 8.55. The Balaban J connectivity index is 2.30. The van der Waals surface area contributed by atoms with Crippen LogP contribution in [0.15, 0.2) is 18.2 Å². The molecule has 0 radical (unpaired) electrons. The summed E-state index contributed by atoms with van der Waals surface area (Å²) in [5.41, 5.74) is 6.14. The monoisotopic (exact) mass is 167 g/mol. The quantitative estimate of drug-likeness (QED) is 0.592. The van der Waals surface area contributed by atoms with Crippen LogP contribution >= 0.6 is 0 Å². The number of hydrogen-bond acceptors (Lipinski definition) is 4. The first kappa shape index (κ1) is 7.24. The van der Waals surface area contributed by atoms with Gasteiger partial charge in [0.05, 0.1) is 0 Å². The number of nitrogens with two attached hydrogens (primary N) is 1. The molecule has 0 saturated heterocycles. The number of nitrogen functional groups attached to an aromatic ring is 1. The molecular weight excluding hydrogens is 158 g/mol. The number of fused-ring (bicyclic) bond motifs is 1. The van der Waals surface area contributed by atoms with E-state index in [1.54, 1.807) is 18.2 Å². The Morgan fingerprint density at radius 1 is 1.33 bits per heavy atom. The van der Waals surface area contributed by atoms with Crippen LogP contribution in [0.25, 0.3) is 0 Å². The molecule has 3 N–H and O–H groups in total. The summed E-state index contributed by atoms with van der Waals surface area (Å²) in [7, 11) is 0. The van der Waals surface area contributed by atoms with Crippen molar-refractivity contribution < 1.29 is 14.6 Å². The van der Waals surface area contributed by atoms with E-state index in [4.69, 9.17) is 20.3 Å². The van der Waals surface area contributed by atoms with Gasteiger partial charge in [-0.05, 0) is 12.1 Å². The van der Waals surface area contributed by atoms with Gasteiger partial charge in [-0.1, -0.05) is 0 Å². The fourth-order valence-corrected chi connectivity index (χ4v) is 1.10. The molecule has 12 heavy (non-hydrogen) atoms. The number of aliphatic hydroxyl groups is 1. The van der Waals surface area contributed by atoms with Crippen LogP contribution in [-0.4, -0.2) is 18.0 Å². The van der Waals surface area contributed by atoms with Gasteiger partial charge < -0.3 is 20.3 Å². The second kappa shape index (κ2) is 2.57. The van der Waals surface area contributed by atoms with E-state index in [1.165, 1.54) is 0 Å². The Hall–Kier alpha value is -1.42. The molecule has 1 atom stereocenters. The van der Waals surface area contributed by atoms with E-state index in [-0.39, 0.29) is 6.61 Å². The molecule has 4 heteroatoms. The summed E-state index contributed by atoms with van der Waals surface area (Å²) in [6.45, 7) is -0.158. The SMILES string of the molecule is Nc1ccc2c(c1)OC(CO)O2. The number of benzene rings is 1. The van der Waals surface area contributed by atoms with Gasteiger partial charge in [0.15, 0.2) is 11.5 Å². The van der Waals surface area contributed by atoms with E-state index in [1.807, 2.05) is 0 Å². The van der Waals surface area contributed by atoms with E-state index in [0.29, 0.717) is 17.2 Å². The highest BCUT2D eigenvalue weighted by molar-refractivity contribution is 5.53. The summed E-state index contributed by atoms with van der Waals surface area (Å²) in [4.78, 5) is 0. The van der Waals surface area contributed by atoms with Crippen molar-refractivity contribution in [2.24, 2.45) is 0 Å². The number of hydrogen-bond donors (Lipinski definition) is 2. The minimum atomic E-state index is -0.582. The molecule has 1 unspecified atom stereocenters. The topological polar surface area (TPSA) is 64.7 Å². The van der Waals surface area contributed by atoms with Crippen LogP contribution in [-0.2, 0) is 0 Å². The second-order valence-electron chi connectivity index (χ2n) is 2.55. The zero-order valence-electron chi connectivity index (χ0n) is 6.36. The lowest BCUT2D eigenvalue weighted by atomic mass is 10.3. The van der Waals surface area contributed by atoms with Crippen LogP contribution in [0.5, 0.6) is 11.5 Å². The molecule has 4 nitrogen and oxygen atoms in total. The molecule has 1 aromatic carbocycles. The molecule has 0 fully saturated rings. The van der Waals surface area contributed by atoms with Crippen molar-refractivity contribution in [3.8, 4) is 11.5 Å². The lowest BCUT2D eigenvalue weighted by molar-refractivity contribution is -0.000774.